The van der Waals surface area contributed by atoms with Crippen molar-refractivity contribution in [3.8, 4) is 11.5 Å². The molecule has 2 rings (SSSR count). The van der Waals surface area contributed by atoms with Crippen LogP contribution in [0.25, 0.3) is 0 Å². The van der Waals surface area contributed by atoms with Crippen molar-refractivity contribution in [2.75, 3.05) is 31.7 Å². The Hall–Kier alpha value is -3.02. The molecule has 2 aromatic rings. The molecule has 0 aliphatic rings. The summed E-state index contributed by atoms with van der Waals surface area (Å²) in [7, 11) is 1.57. The summed E-state index contributed by atoms with van der Waals surface area (Å²) in [6, 6.07) is 15.0. The van der Waals surface area contributed by atoms with Crippen LogP contribution in [0.2, 0.25) is 0 Å². The number of anilines is 1. The monoisotopic (exact) mass is 370 g/mol. The van der Waals surface area contributed by atoms with Crippen LogP contribution in [0, 0.1) is 6.92 Å². The number of hydrogen-bond acceptors (Lipinski definition) is 4. The van der Waals surface area contributed by atoms with E-state index in [-0.39, 0.29) is 18.2 Å². The van der Waals surface area contributed by atoms with Crippen molar-refractivity contribution in [1.29, 1.82) is 0 Å². The fourth-order valence-corrected chi connectivity index (χ4v) is 2.63. The number of nitrogens with one attached hydrogen (secondary N) is 1. The van der Waals surface area contributed by atoms with Crippen molar-refractivity contribution < 1.29 is 19.1 Å². The lowest BCUT2D eigenvalue weighted by Gasteiger charge is -2.24. The van der Waals surface area contributed by atoms with Gasteiger partial charge in [0.25, 0.3) is 0 Å². The summed E-state index contributed by atoms with van der Waals surface area (Å²) >= 11 is 0. The van der Waals surface area contributed by atoms with Gasteiger partial charge in [0.15, 0.2) is 0 Å². The van der Waals surface area contributed by atoms with Crippen molar-refractivity contribution in [3.63, 3.8) is 0 Å². The van der Waals surface area contributed by atoms with E-state index in [1.54, 1.807) is 12.0 Å². The van der Waals surface area contributed by atoms with Gasteiger partial charge >= 0.3 is 0 Å². The molecule has 0 aromatic heterocycles. The lowest BCUT2D eigenvalue weighted by molar-refractivity contribution is -0.122. The molecule has 0 heterocycles. The molecule has 0 spiro atoms. The first-order valence-corrected chi connectivity index (χ1v) is 8.88. The largest absolute Gasteiger partial charge is 0.495 e. The van der Waals surface area contributed by atoms with Gasteiger partial charge in [-0.1, -0.05) is 24.3 Å². The molecule has 0 saturated heterocycles. The lowest BCUT2D eigenvalue weighted by Crippen LogP contribution is -2.38. The summed E-state index contributed by atoms with van der Waals surface area (Å²) in [6.07, 6.45) is 0.253. The molecule has 0 fully saturated rings. The maximum atomic E-state index is 12.1. The number of rotatable bonds is 9. The Morgan fingerprint density at radius 1 is 1.11 bits per heavy atom. The Morgan fingerprint density at radius 3 is 2.52 bits per heavy atom. The highest BCUT2D eigenvalue weighted by molar-refractivity contribution is 5.93. The molecule has 6 nitrogen and oxygen atoms in total. The first kappa shape index (κ1) is 20.3. The lowest BCUT2D eigenvalue weighted by atomic mass is 10.2. The standard InChI is InChI=1S/C21H26N2O4/c1-16-9-10-20(26-3)19(15-16)23(17(2)24)13-12-22-21(25)11-14-27-18-7-5-4-6-8-18/h4-10,15H,11-14H2,1-3H3,(H,22,25). The maximum absolute atomic E-state index is 12.1. The van der Waals surface area contributed by atoms with Crippen molar-refractivity contribution >= 4 is 17.5 Å². The van der Waals surface area contributed by atoms with E-state index in [1.165, 1.54) is 6.92 Å². The predicted octanol–water partition coefficient (Wildman–Crippen LogP) is 2.94. The molecular formula is C21H26N2O4. The van der Waals surface area contributed by atoms with Crippen LogP contribution in [0.1, 0.15) is 18.9 Å². The number of amides is 2. The smallest absolute Gasteiger partial charge is 0.224 e. The summed E-state index contributed by atoms with van der Waals surface area (Å²) < 4.78 is 10.9. The quantitative estimate of drug-likeness (QED) is 0.737. The summed E-state index contributed by atoms with van der Waals surface area (Å²) in [5, 5.41) is 2.82. The van der Waals surface area contributed by atoms with E-state index in [2.05, 4.69) is 5.32 Å². The fraction of sp³-hybridized carbons (Fsp3) is 0.333. The average Bonchev–Trinajstić information content (AvgIpc) is 2.66. The molecule has 0 radical (unpaired) electrons. The van der Waals surface area contributed by atoms with Gasteiger partial charge in [0.2, 0.25) is 11.8 Å². The van der Waals surface area contributed by atoms with Crippen LogP contribution in [0.15, 0.2) is 48.5 Å². The highest BCUT2D eigenvalue weighted by Crippen LogP contribution is 2.29. The third kappa shape index (κ3) is 6.33. The summed E-state index contributed by atoms with van der Waals surface area (Å²) in [5.74, 6) is 1.13. The molecule has 6 heteroatoms. The van der Waals surface area contributed by atoms with E-state index in [0.29, 0.717) is 31.1 Å². The zero-order chi connectivity index (χ0) is 19.6. The second kappa shape index (κ2) is 10.2. The van der Waals surface area contributed by atoms with Crippen LogP contribution in [0.3, 0.4) is 0 Å². The first-order valence-electron chi connectivity index (χ1n) is 8.88. The number of para-hydroxylation sites is 1. The second-order valence-electron chi connectivity index (χ2n) is 6.11. The normalized spacial score (nSPS) is 10.2. The highest BCUT2D eigenvalue weighted by Gasteiger charge is 2.16. The molecule has 2 amide bonds. The fourth-order valence-electron chi connectivity index (χ4n) is 2.63. The Morgan fingerprint density at radius 2 is 1.85 bits per heavy atom. The summed E-state index contributed by atoms with van der Waals surface area (Å²) in [4.78, 5) is 25.6. The molecule has 144 valence electrons. The van der Waals surface area contributed by atoms with Gasteiger partial charge in [-0.3, -0.25) is 9.59 Å². The highest BCUT2D eigenvalue weighted by atomic mass is 16.5. The Balaban J connectivity index is 1.83. The van der Waals surface area contributed by atoms with Gasteiger partial charge in [-0.15, -0.1) is 0 Å². The average molecular weight is 370 g/mol. The minimum atomic E-state index is -0.120. The number of methoxy groups -OCH3 is 1. The van der Waals surface area contributed by atoms with Gasteiger partial charge < -0.3 is 19.7 Å². The molecule has 2 aromatic carbocycles. The van der Waals surface area contributed by atoms with Crippen molar-refractivity contribution in [1.82, 2.24) is 5.32 Å². The molecule has 27 heavy (non-hydrogen) atoms. The molecule has 0 aliphatic heterocycles. The van der Waals surface area contributed by atoms with E-state index in [0.717, 1.165) is 11.3 Å². The van der Waals surface area contributed by atoms with Crippen LogP contribution < -0.4 is 19.7 Å². The zero-order valence-electron chi connectivity index (χ0n) is 16.0. The molecule has 0 atom stereocenters. The zero-order valence-corrected chi connectivity index (χ0v) is 16.0. The van der Waals surface area contributed by atoms with Gasteiger partial charge in [-0.05, 0) is 36.8 Å². The Bertz CT molecular complexity index is 762. The maximum Gasteiger partial charge on any atom is 0.224 e. The minimum absolute atomic E-state index is 0.111. The molecular weight excluding hydrogens is 344 g/mol. The topological polar surface area (TPSA) is 67.9 Å². The van der Waals surface area contributed by atoms with Gasteiger partial charge in [-0.2, -0.15) is 0 Å². The number of ether oxygens (including phenoxy) is 2. The van der Waals surface area contributed by atoms with Gasteiger partial charge in [0, 0.05) is 20.0 Å². The summed E-state index contributed by atoms with van der Waals surface area (Å²) in [6.45, 7) is 4.46. The van der Waals surface area contributed by atoms with Gasteiger partial charge in [0.1, 0.15) is 11.5 Å². The van der Waals surface area contributed by atoms with Gasteiger partial charge in [-0.25, -0.2) is 0 Å². The van der Waals surface area contributed by atoms with Crippen LogP contribution in [0.5, 0.6) is 11.5 Å². The van der Waals surface area contributed by atoms with Crippen molar-refractivity contribution in [2.45, 2.75) is 20.3 Å². The van der Waals surface area contributed by atoms with E-state index in [9.17, 15) is 9.59 Å². The molecule has 0 aliphatic carbocycles. The number of aryl methyl sites for hydroxylation is 1. The number of hydrogen-bond donors (Lipinski definition) is 1. The number of nitrogens with zero attached hydrogens (tertiary/aromatic N) is 1. The third-order valence-electron chi connectivity index (χ3n) is 4.00. The summed E-state index contributed by atoms with van der Waals surface area (Å²) in [5.41, 5.74) is 1.73. The van der Waals surface area contributed by atoms with Gasteiger partial charge in [0.05, 0.1) is 25.8 Å². The molecule has 1 N–H and O–H groups in total. The first-order chi connectivity index (χ1) is 13.0. The number of carbonyl (C=O) groups excluding carboxylic acids is 2. The molecule has 0 saturated carbocycles. The Kier molecular flexibility index (Phi) is 7.67. The second-order valence-corrected chi connectivity index (χ2v) is 6.11. The SMILES string of the molecule is COc1ccc(C)cc1N(CCNC(=O)CCOc1ccccc1)C(C)=O. The number of benzene rings is 2. The van der Waals surface area contributed by atoms with Crippen molar-refractivity contribution in [3.05, 3.63) is 54.1 Å². The Labute approximate surface area is 160 Å². The number of carbonyl (C=O) groups is 2. The third-order valence-corrected chi connectivity index (χ3v) is 4.00. The van der Waals surface area contributed by atoms with E-state index < -0.39 is 0 Å². The van der Waals surface area contributed by atoms with E-state index in [1.807, 2.05) is 55.5 Å². The predicted molar refractivity (Wildman–Crippen MR) is 105 cm³/mol. The van der Waals surface area contributed by atoms with E-state index >= 15 is 0 Å². The van der Waals surface area contributed by atoms with Crippen LogP contribution in [-0.4, -0.2) is 38.6 Å². The van der Waals surface area contributed by atoms with Crippen LogP contribution in [0.4, 0.5) is 5.69 Å². The van der Waals surface area contributed by atoms with Crippen LogP contribution in [-0.2, 0) is 9.59 Å². The minimum Gasteiger partial charge on any atom is -0.495 e. The molecule has 0 unspecified atom stereocenters. The van der Waals surface area contributed by atoms with E-state index in [4.69, 9.17) is 9.47 Å². The van der Waals surface area contributed by atoms with Crippen molar-refractivity contribution in [2.24, 2.45) is 0 Å². The van der Waals surface area contributed by atoms with Crippen LogP contribution >= 0.6 is 0 Å². The molecule has 0 bridgehead atoms.